The molecule has 9 nitrogen and oxygen atoms in total. The van der Waals surface area contributed by atoms with E-state index in [2.05, 4.69) is 31.9 Å². The Labute approximate surface area is 203 Å². The number of ether oxygens (including phenoxy) is 1. The molecule has 1 N–H and O–H groups in total. The maximum Gasteiger partial charge on any atom is 0.277 e. The van der Waals surface area contributed by atoms with E-state index in [0.717, 1.165) is 56.2 Å². The largest absolute Gasteiger partial charge is 0.497 e. The van der Waals surface area contributed by atoms with E-state index < -0.39 is 0 Å². The fraction of sp³-hybridized carbons (Fsp3) is 0.423. The molecule has 0 saturated carbocycles. The number of nitrogens with one attached hydrogen (secondary N) is 1. The third-order valence-electron chi connectivity index (χ3n) is 6.92. The van der Waals surface area contributed by atoms with Gasteiger partial charge in [-0.15, -0.1) is 0 Å². The van der Waals surface area contributed by atoms with Gasteiger partial charge in [-0.05, 0) is 38.1 Å². The zero-order chi connectivity index (χ0) is 24.5. The van der Waals surface area contributed by atoms with Gasteiger partial charge in [-0.3, -0.25) is 18.9 Å². The number of aryl methyl sites for hydroxylation is 3. The smallest absolute Gasteiger partial charge is 0.277 e. The fourth-order valence-electron chi connectivity index (χ4n) is 5.11. The van der Waals surface area contributed by atoms with Gasteiger partial charge in [0.2, 0.25) is 5.56 Å². The van der Waals surface area contributed by atoms with Crippen LogP contribution in [0, 0.1) is 6.92 Å². The standard InChI is InChI=1S/C26H32N6O3/c1-4-22-27-18(2)24-26(34)31(21-9-10-23(33)28-25(21)32(22)24)12-6-11-29-13-15-30(16-14-29)19-7-5-8-20(17-19)35-3/h5,7-10,17H,4,6,11-16H2,1-3H3,(H,28,33). The third kappa shape index (κ3) is 4.32. The monoisotopic (exact) mass is 476 g/mol. The lowest BCUT2D eigenvalue weighted by molar-refractivity contribution is 0.250. The number of anilines is 1. The Bertz CT molecular complexity index is 1480. The van der Waals surface area contributed by atoms with Crippen molar-refractivity contribution >= 4 is 22.4 Å². The van der Waals surface area contributed by atoms with Gasteiger partial charge >= 0.3 is 0 Å². The van der Waals surface area contributed by atoms with Gasteiger partial charge < -0.3 is 19.2 Å². The molecule has 1 aromatic carbocycles. The molecule has 1 fully saturated rings. The van der Waals surface area contributed by atoms with Crippen molar-refractivity contribution in [2.45, 2.75) is 33.2 Å². The van der Waals surface area contributed by atoms with E-state index in [1.54, 1.807) is 17.7 Å². The van der Waals surface area contributed by atoms with Crippen molar-refractivity contribution in [3.8, 4) is 5.75 Å². The summed E-state index contributed by atoms with van der Waals surface area (Å²) in [6, 6.07) is 11.4. The molecule has 0 atom stereocenters. The van der Waals surface area contributed by atoms with Gasteiger partial charge in [-0.2, -0.15) is 0 Å². The molecule has 1 saturated heterocycles. The molecule has 0 aliphatic carbocycles. The SMILES string of the molecule is CCc1nc(C)c2c(=O)n(CCCN3CCN(c4cccc(OC)c4)CC3)c3ccc(=O)[nH]c3n12. The number of fused-ring (bicyclic) bond motifs is 3. The number of methoxy groups -OCH3 is 1. The molecular formula is C26H32N6O3. The summed E-state index contributed by atoms with van der Waals surface area (Å²) in [6.07, 6.45) is 1.52. The third-order valence-corrected chi connectivity index (χ3v) is 6.92. The molecule has 9 heteroatoms. The molecule has 4 aromatic rings. The van der Waals surface area contributed by atoms with Crippen LogP contribution in [0.1, 0.15) is 24.9 Å². The van der Waals surface area contributed by atoms with Crippen molar-refractivity contribution in [2.75, 3.05) is 44.7 Å². The van der Waals surface area contributed by atoms with Crippen molar-refractivity contribution in [1.82, 2.24) is 23.8 Å². The van der Waals surface area contributed by atoms with E-state index >= 15 is 0 Å². The summed E-state index contributed by atoms with van der Waals surface area (Å²) in [7, 11) is 1.69. The van der Waals surface area contributed by atoms with Gasteiger partial charge in [0.15, 0.2) is 0 Å². The average molecular weight is 477 g/mol. The highest BCUT2D eigenvalue weighted by Gasteiger charge is 2.20. The average Bonchev–Trinajstić information content (AvgIpc) is 3.23. The Hall–Kier alpha value is -3.59. The van der Waals surface area contributed by atoms with E-state index in [-0.39, 0.29) is 11.1 Å². The zero-order valence-corrected chi connectivity index (χ0v) is 20.6. The van der Waals surface area contributed by atoms with Gasteiger partial charge in [0.1, 0.15) is 22.7 Å². The molecule has 1 aliphatic rings. The second-order valence-corrected chi connectivity index (χ2v) is 9.05. The van der Waals surface area contributed by atoms with E-state index in [0.29, 0.717) is 29.8 Å². The minimum absolute atomic E-state index is 0.0582. The van der Waals surface area contributed by atoms with Gasteiger partial charge in [0.25, 0.3) is 5.56 Å². The first-order valence-electron chi connectivity index (χ1n) is 12.2. The summed E-state index contributed by atoms with van der Waals surface area (Å²) in [4.78, 5) is 38.0. The molecule has 0 amide bonds. The molecule has 0 bridgehead atoms. The number of aromatic nitrogens is 4. The number of aromatic amines is 1. The lowest BCUT2D eigenvalue weighted by Crippen LogP contribution is -2.46. The van der Waals surface area contributed by atoms with Crippen LogP contribution in [0.15, 0.2) is 46.0 Å². The fourth-order valence-corrected chi connectivity index (χ4v) is 5.11. The predicted molar refractivity (Wildman–Crippen MR) is 138 cm³/mol. The van der Waals surface area contributed by atoms with Gasteiger partial charge in [-0.25, -0.2) is 4.98 Å². The van der Waals surface area contributed by atoms with E-state index in [9.17, 15) is 9.59 Å². The predicted octanol–water partition coefficient (Wildman–Crippen LogP) is 2.43. The molecule has 4 heterocycles. The van der Waals surface area contributed by atoms with Gasteiger partial charge in [0.05, 0.1) is 18.3 Å². The normalized spacial score (nSPS) is 14.8. The van der Waals surface area contributed by atoms with Crippen molar-refractivity contribution in [2.24, 2.45) is 0 Å². The Kier molecular flexibility index (Phi) is 6.34. The van der Waals surface area contributed by atoms with Crippen molar-refractivity contribution in [3.05, 3.63) is 68.6 Å². The van der Waals surface area contributed by atoms with Crippen LogP contribution >= 0.6 is 0 Å². The highest BCUT2D eigenvalue weighted by molar-refractivity contribution is 5.76. The summed E-state index contributed by atoms with van der Waals surface area (Å²) in [6.45, 7) is 9.21. The van der Waals surface area contributed by atoms with Gasteiger partial charge in [0, 0.05) is 57.0 Å². The summed E-state index contributed by atoms with van der Waals surface area (Å²) in [5, 5.41) is 0. The Morgan fingerprint density at radius 3 is 2.60 bits per heavy atom. The second kappa shape index (κ2) is 9.58. The second-order valence-electron chi connectivity index (χ2n) is 9.05. The summed E-state index contributed by atoms with van der Waals surface area (Å²) < 4.78 is 8.98. The summed E-state index contributed by atoms with van der Waals surface area (Å²) in [5.74, 6) is 1.66. The number of pyridine rings is 1. The van der Waals surface area contributed by atoms with Crippen LogP contribution in [0.3, 0.4) is 0 Å². The minimum atomic E-state index is -0.189. The molecule has 5 rings (SSSR count). The lowest BCUT2D eigenvalue weighted by atomic mass is 10.2. The van der Waals surface area contributed by atoms with Crippen LogP contribution in [-0.4, -0.2) is 63.7 Å². The molecular weight excluding hydrogens is 444 g/mol. The van der Waals surface area contributed by atoms with Crippen LogP contribution in [-0.2, 0) is 13.0 Å². The Balaban J connectivity index is 1.32. The first-order valence-corrected chi connectivity index (χ1v) is 12.2. The number of piperazine rings is 1. The molecule has 184 valence electrons. The van der Waals surface area contributed by atoms with E-state index in [4.69, 9.17) is 4.74 Å². The maximum absolute atomic E-state index is 13.5. The van der Waals surface area contributed by atoms with Crippen LogP contribution in [0.4, 0.5) is 5.69 Å². The topological polar surface area (TPSA) is 87.9 Å². The van der Waals surface area contributed by atoms with Gasteiger partial charge in [-0.1, -0.05) is 13.0 Å². The van der Waals surface area contributed by atoms with Crippen LogP contribution < -0.4 is 20.8 Å². The number of benzene rings is 1. The molecule has 0 spiro atoms. The molecule has 3 aromatic heterocycles. The first-order chi connectivity index (χ1) is 17.0. The number of rotatable bonds is 7. The summed E-state index contributed by atoms with van der Waals surface area (Å²) in [5.41, 5.74) is 3.55. The molecule has 1 aliphatic heterocycles. The Morgan fingerprint density at radius 1 is 1.06 bits per heavy atom. The van der Waals surface area contributed by atoms with Crippen LogP contribution in [0.2, 0.25) is 0 Å². The maximum atomic E-state index is 13.5. The first kappa shape index (κ1) is 23.2. The quantitative estimate of drug-likeness (QED) is 0.441. The zero-order valence-electron chi connectivity index (χ0n) is 20.6. The lowest BCUT2D eigenvalue weighted by Gasteiger charge is -2.36. The van der Waals surface area contributed by atoms with Crippen LogP contribution in [0.5, 0.6) is 5.75 Å². The number of hydrogen-bond donors (Lipinski definition) is 1. The number of H-pyrrole nitrogens is 1. The van der Waals surface area contributed by atoms with Crippen molar-refractivity contribution < 1.29 is 4.74 Å². The number of imidazole rings is 1. The van der Waals surface area contributed by atoms with Crippen molar-refractivity contribution in [3.63, 3.8) is 0 Å². The van der Waals surface area contributed by atoms with Crippen LogP contribution in [0.25, 0.3) is 16.7 Å². The number of nitrogens with zero attached hydrogens (tertiary/aromatic N) is 5. The van der Waals surface area contributed by atoms with Crippen molar-refractivity contribution in [1.29, 1.82) is 0 Å². The highest BCUT2D eigenvalue weighted by Crippen LogP contribution is 2.22. The molecule has 0 unspecified atom stereocenters. The van der Waals surface area contributed by atoms with E-state index in [1.165, 1.54) is 11.8 Å². The minimum Gasteiger partial charge on any atom is -0.497 e. The Morgan fingerprint density at radius 2 is 1.86 bits per heavy atom. The van der Waals surface area contributed by atoms with E-state index in [1.807, 2.05) is 30.4 Å². The molecule has 35 heavy (non-hydrogen) atoms. The molecule has 0 radical (unpaired) electrons. The number of hydrogen-bond acceptors (Lipinski definition) is 6. The highest BCUT2D eigenvalue weighted by atomic mass is 16.5. The summed E-state index contributed by atoms with van der Waals surface area (Å²) >= 11 is 0.